The molecule has 0 unspecified atom stereocenters. The van der Waals surface area contributed by atoms with Crippen molar-refractivity contribution in [3.63, 3.8) is 0 Å². The molecule has 0 fully saturated rings. The summed E-state index contributed by atoms with van der Waals surface area (Å²) in [7, 11) is 0. The lowest BCUT2D eigenvalue weighted by Gasteiger charge is -2.11. The molecule has 0 spiro atoms. The summed E-state index contributed by atoms with van der Waals surface area (Å²) < 4.78 is 1.47. The number of fused-ring (bicyclic) bond motifs is 1. The van der Waals surface area contributed by atoms with E-state index in [1.807, 2.05) is 18.2 Å². The van der Waals surface area contributed by atoms with Gasteiger partial charge in [-0.2, -0.15) is 0 Å². The van der Waals surface area contributed by atoms with Crippen LogP contribution < -0.4 is 5.56 Å². The monoisotopic (exact) mass is 424 g/mol. The van der Waals surface area contributed by atoms with E-state index < -0.39 is 0 Å². The maximum atomic E-state index is 12.7. The first-order valence-electron chi connectivity index (χ1n) is 10.0. The number of carbonyl (C=O) groups excluding carboxylic acids is 2. The van der Waals surface area contributed by atoms with E-state index in [1.54, 1.807) is 36.5 Å². The van der Waals surface area contributed by atoms with E-state index in [2.05, 4.69) is 21.5 Å². The molecule has 0 saturated heterocycles. The number of ketones is 2. The highest BCUT2D eigenvalue weighted by atomic mass is 16.1. The molecule has 4 aromatic rings. The van der Waals surface area contributed by atoms with Crippen LogP contribution in [0, 0.1) is 0 Å². The number of Topliss-reactive ketones (excluding diaryl/α,β-unsaturated/α-hetero) is 1. The van der Waals surface area contributed by atoms with Crippen LogP contribution in [0.3, 0.4) is 0 Å². The highest BCUT2D eigenvalue weighted by Crippen LogP contribution is 2.16. The molecule has 32 heavy (non-hydrogen) atoms. The molecule has 7 heteroatoms. The van der Waals surface area contributed by atoms with Gasteiger partial charge in [-0.3, -0.25) is 19.0 Å². The minimum absolute atomic E-state index is 0.00520. The number of rotatable bonds is 7. The van der Waals surface area contributed by atoms with E-state index >= 15 is 0 Å². The van der Waals surface area contributed by atoms with E-state index in [-0.39, 0.29) is 23.5 Å². The molecule has 2 aromatic carbocycles. The summed E-state index contributed by atoms with van der Waals surface area (Å²) in [4.78, 5) is 49.1. The molecule has 0 aliphatic heterocycles. The van der Waals surface area contributed by atoms with Gasteiger partial charge >= 0.3 is 0 Å². The molecule has 0 aliphatic carbocycles. The second kappa shape index (κ2) is 8.85. The zero-order valence-electron chi connectivity index (χ0n) is 17.5. The van der Waals surface area contributed by atoms with Crippen molar-refractivity contribution in [3.05, 3.63) is 106 Å². The van der Waals surface area contributed by atoms with Crippen molar-refractivity contribution >= 4 is 22.7 Å². The molecular formula is C25H20N4O3. The van der Waals surface area contributed by atoms with Crippen LogP contribution >= 0.6 is 0 Å². The molecule has 0 N–H and O–H groups in total. The van der Waals surface area contributed by atoms with Crippen LogP contribution in [0.1, 0.15) is 34.2 Å². The molecule has 7 nitrogen and oxygen atoms in total. The SMILES string of the molecule is C=CC(=O)Cc1cccc(-n2c(=O)cnc3cnc(Cc4ccc(C(C)=O)cc4)nc32)c1. The summed E-state index contributed by atoms with van der Waals surface area (Å²) in [5.74, 6) is 0.423. The van der Waals surface area contributed by atoms with E-state index in [4.69, 9.17) is 0 Å². The number of aromatic nitrogens is 4. The maximum Gasteiger partial charge on any atom is 0.275 e. The Hall–Kier alpha value is -4.26. The lowest BCUT2D eigenvalue weighted by molar-refractivity contribution is -0.114. The van der Waals surface area contributed by atoms with Crippen LogP contribution in [-0.4, -0.2) is 31.1 Å². The quantitative estimate of drug-likeness (QED) is 0.334. The van der Waals surface area contributed by atoms with Gasteiger partial charge in [-0.25, -0.2) is 15.0 Å². The van der Waals surface area contributed by atoms with Gasteiger partial charge in [0.1, 0.15) is 11.3 Å². The van der Waals surface area contributed by atoms with Gasteiger partial charge in [0.05, 0.1) is 18.1 Å². The van der Waals surface area contributed by atoms with Crippen LogP contribution in [0.2, 0.25) is 0 Å². The zero-order chi connectivity index (χ0) is 22.7. The molecule has 0 atom stereocenters. The lowest BCUT2D eigenvalue weighted by Crippen LogP contribution is -2.20. The van der Waals surface area contributed by atoms with Crippen molar-refractivity contribution in [2.45, 2.75) is 19.8 Å². The van der Waals surface area contributed by atoms with E-state index in [1.165, 1.54) is 23.8 Å². The number of benzene rings is 2. The van der Waals surface area contributed by atoms with Crippen molar-refractivity contribution in [3.8, 4) is 5.69 Å². The summed E-state index contributed by atoms with van der Waals surface area (Å²) in [6.45, 7) is 5.03. The summed E-state index contributed by atoms with van der Waals surface area (Å²) in [6.07, 6.45) is 4.73. The lowest BCUT2D eigenvalue weighted by atomic mass is 10.1. The average Bonchev–Trinajstić information content (AvgIpc) is 2.79. The van der Waals surface area contributed by atoms with Gasteiger partial charge in [-0.05, 0) is 36.3 Å². The molecule has 4 rings (SSSR count). The normalized spacial score (nSPS) is 10.8. The third-order valence-corrected chi connectivity index (χ3v) is 5.04. The van der Waals surface area contributed by atoms with Crippen molar-refractivity contribution in [1.82, 2.24) is 19.5 Å². The van der Waals surface area contributed by atoms with Gasteiger partial charge in [0.15, 0.2) is 17.2 Å². The summed E-state index contributed by atoms with van der Waals surface area (Å²) in [6, 6.07) is 14.4. The van der Waals surface area contributed by atoms with Crippen molar-refractivity contribution in [2.75, 3.05) is 0 Å². The fraction of sp³-hybridized carbons (Fsp3) is 0.120. The summed E-state index contributed by atoms with van der Waals surface area (Å²) >= 11 is 0. The third kappa shape index (κ3) is 4.41. The topological polar surface area (TPSA) is 94.8 Å². The number of hydrogen-bond donors (Lipinski definition) is 0. The van der Waals surface area contributed by atoms with Gasteiger partial charge in [-0.15, -0.1) is 0 Å². The summed E-state index contributed by atoms with van der Waals surface area (Å²) in [5, 5.41) is 0. The Morgan fingerprint density at radius 3 is 2.53 bits per heavy atom. The Morgan fingerprint density at radius 2 is 1.81 bits per heavy atom. The van der Waals surface area contributed by atoms with E-state index in [0.717, 1.165) is 11.1 Å². The van der Waals surface area contributed by atoms with Crippen molar-refractivity contribution < 1.29 is 9.59 Å². The average molecular weight is 424 g/mol. The van der Waals surface area contributed by atoms with Gasteiger partial charge in [0.2, 0.25) is 0 Å². The molecule has 0 saturated carbocycles. The second-order valence-electron chi connectivity index (χ2n) is 7.37. The molecule has 0 radical (unpaired) electrons. The predicted molar refractivity (Wildman–Crippen MR) is 121 cm³/mol. The van der Waals surface area contributed by atoms with Crippen LogP contribution in [0.15, 0.2) is 78.4 Å². The Bertz CT molecular complexity index is 1410. The molecule has 2 aromatic heterocycles. The Labute approximate surface area is 184 Å². The first-order valence-corrected chi connectivity index (χ1v) is 10.0. The number of nitrogens with zero attached hydrogens (tertiary/aromatic N) is 4. The van der Waals surface area contributed by atoms with Crippen molar-refractivity contribution in [1.29, 1.82) is 0 Å². The molecule has 0 amide bonds. The smallest absolute Gasteiger partial charge is 0.275 e. The van der Waals surface area contributed by atoms with Crippen LogP contribution in [-0.2, 0) is 17.6 Å². The molecule has 0 aliphatic rings. The fourth-order valence-electron chi connectivity index (χ4n) is 3.40. The predicted octanol–water partition coefficient (Wildman–Crippen LogP) is 3.27. The molecule has 2 heterocycles. The van der Waals surface area contributed by atoms with Crippen LogP contribution in [0.5, 0.6) is 0 Å². The first kappa shape index (κ1) is 21.0. The number of allylic oxidation sites excluding steroid dienone is 1. The first-order chi connectivity index (χ1) is 15.4. The zero-order valence-corrected chi connectivity index (χ0v) is 17.5. The third-order valence-electron chi connectivity index (χ3n) is 5.04. The summed E-state index contributed by atoms with van der Waals surface area (Å²) in [5.41, 5.74) is 3.47. The van der Waals surface area contributed by atoms with Crippen LogP contribution in [0.4, 0.5) is 0 Å². The number of carbonyl (C=O) groups is 2. The molecular weight excluding hydrogens is 404 g/mol. The van der Waals surface area contributed by atoms with Gasteiger partial charge in [0.25, 0.3) is 5.56 Å². The minimum atomic E-state index is -0.333. The van der Waals surface area contributed by atoms with Crippen LogP contribution in [0.25, 0.3) is 16.9 Å². The Kier molecular flexibility index (Phi) is 5.81. The highest BCUT2D eigenvalue weighted by Gasteiger charge is 2.12. The number of hydrogen-bond acceptors (Lipinski definition) is 6. The van der Waals surface area contributed by atoms with Gasteiger partial charge < -0.3 is 0 Å². The molecule has 0 bridgehead atoms. The molecule has 158 valence electrons. The van der Waals surface area contributed by atoms with Crippen molar-refractivity contribution in [2.24, 2.45) is 0 Å². The maximum absolute atomic E-state index is 12.7. The van der Waals surface area contributed by atoms with Gasteiger partial charge in [0, 0.05) is 18.4 Å². The Balaban J connectivity index is 1.75. The largest absolute Gasteiger partial charge is 0.295 e. The highest BCUT2D eigenvalue weighted by molar-refractivity contribution is 5.94. The minimum Gasteiger partial charge on any atom is -0.295 e. The standard InChI is InChI=1S/C25H20N4O3/c1-3-21(31)12-18-5-4-6-20(11-18)29-24(32)15-26-22-14-27-23(28-25(22)29)13-17-7-9-19(10-8-17)16(2)30/h3-11,14-15H,1,12-13H2,2H3. The second-order valence-corrected chi connectivity index (χ2v) is 7.37. The Morgan fingerprint density at radius 1 is 1.03 bits per heavy atom. The van der Waals surface area contributed by atoms with E-state index in [0.29, 0.717) is 34.7 Å². The van der Waals surface area contributed by atoms with E-state index in [9.17, 15) is 14.4 Å². The van der Waals surface area contributed by atoms with Gasteiger partial charge in [-0.1, -0.05) is 43.0 Å². The fourth-order valence-corrected chi connectivity index (χ4v) is 3.40.